The van der Waals surface area contributed by atoms with Crippen LogP contribution in [0.3, 0.4) is 0 Å². The lowest BCUT2D eigenvalue weighted by Gasteiger charge is -2.43. The summed E-state index contributed by atoms with van der Waals surface area (Å²) in [5, 5.41) is 6.23. The van der Waals surface area contributed by atoms with Gasteiger partial charge in [0, 0.05) is 18.5 Å². The van der Waals surface area contributed by atoms with Gasteiger partial charge in [-0.1, -0.05) is 48.5 Å². The van der Waals surface area contributed by atoms with Gasteiger partial charge in [0.2, 0.25) is 18.1 Å². The Morgan fingerprint density at radius 3 is 2.44 bits per heavy atom. The smallest absolute Gasteiger partial charge is 0.358 e. The number of fused-ring (bicyclic) bond motifs is 1. The van der Waals surface area contributed by atoms with Gasteiger partial charge in [0.15, 0.2) is 0 Å². The Balaban J connectivity index is 1.29. The van der Waals surface area contributed by atoms with Crippen LogP contribution in [0, 0.1) is 0 Å². The Hall–Kier alpha value is -4.45. The van der Waals surface area contributed by atoms with E-state index in [1.807, 2.05) is 30.3 Å². The number of carbonyl (C=O) groups excluding carboxylic acids is 5. The number of esters is 1. The monoisotopic (exact) mass is 535 g/mol. The Kier molecular flexibility index (Phi) is 7.73. The van der Waals surface area contributed by atoms with E-state index >= 15 is 0 Å². The molecule has 12 heteroatoms. The zero-order chi connectivity index (χ0) is 27.4. The van der Waals surface area contributed by atoms with Crippen molar-refractivity contribution in [3.05, 3.63) is 71.8 Å². The van der Waals surface area contributed by atoms with E-state index in [0.29, 0.717) is 18.4 Å². The second-order valence-corrected chi connectivity index (χ2v) is 9.48. The predicted molar refractivity (Wildman–Crippen MR) is 135 cm³/mol. The number of hydrogen-bond acceptors (Lipinski definition) is 7. The Morgan fingerprint density at radius 2 is 1.69 bits per heavy atom. The number of hydrazine groups is 2. The van der Waals surface area contributed by atoms with Crippen molar-refractivity contribution in [1.29, 1.82) is 0 Å². The predicted octanol–water partition coefficient (Wildman–Crippen LogP) is 1.34. The Labute approximate surface area is 224 Å². The normalized spacial score (nSPS) is 23.1. The van der Waals surface area contributed by atoms with E-state index in [2.05, 4.69) is 10.7 Å². The van der Waals surface area contributed by atoms with Crippen molar-refractivity contribution in [2.45, 2.75) is 50.7 Å². The summed E-state index contributed by atoms with van der Waals surface area (Å²) in [6, 6.07) is 15.2. The summed E-state index contributed by atoms with van der Waals surface area (Å²) in [5.41, 5.74) is 3.78. The third kappa shape index (κ3) is 5.85. The maximum Gasteiger partial charge on any atom is 0.358 e. The molecule has 0 radical (unpaired) electrons. The molecule has 0 spiro atoms. The van der Waals surface area contributed by atoms with Crippen LogP contribution in [-0.2, 0) is 30.5 Å². The molecule has 0 aromatic heterocycles. The van der Waals surface area contributed by atoms with Crippen LogP contribution in [0.25, 0.3) is 0 Å². The molecular weight excluding hydrogens is 506 g/mol. The molecule has 2 N–H and O–H groups in total. The van der Waals surface area contributed by atoms with Crippen LogP contribution < -0.4 is 10.7 Å². The standard InChI is InChI=1S/C27H29N5O7/c33-22-13-15-30(29-24(35)19-10-5-2-6-11-19)27(37)32-21(12-7-14-31(22)32)25(36)28-20-16-23(34)39-26(20)38-17-18-8-3-1-4-9-18/h1-6,8-11,20-21,26H,7,12-17H2,(H,28,36)(H,29,35)/t20-,21-,26?/m0/s1. The van der Waals surface area contributed by atoms with Crippen molar-refractivity contribution in [3.8, 4) is 0 Å². The molecule has 2 aromatic carbocycles. The highest BCUT2D eigenvalue weighted by Crippen LogP contribution is 2.25. The number of benzene rings is 2. The minimum atomic E-state index is -1.03. The van der Waals surface area contributed by atoms with E-state index in [-0.39, 0.29) is 38.4 Å². The molecule has 39 heavy (non-hydrogen) atoms. The molecule has 5 rings (SSSR count). The molecular formula is C27H29N5O7. The zero-order valence-electron chi connectivity index (χ0n) is 21.2. The molecule has 3 aliphatic rings. The van der Waals surface area contributed by atoms with Gasteiger partial charge < -0.3 is 14.8 Å². The number of carbonyl (C=O) groups is 5. The van der Waals surface area contributed by atoms with E-state index in [1.54, 1.807) is 30.3 Å². The molecule has 3 fully saturated rings. The lowest BCUT2D eigenvalue weighted by molar-refractivity contribution is -0.169. The summed E-state index contributed by atoms with van der Waals surface area (Å²) >= 11 is 0. The minimum Gasteiger partial charge on any atom is -0.433 e. The van der Waals surface area contributed by atoms with Crippen LogP contribution in [0.2, 0.25) is 0 Å². The van der Waals surface area contributed by atoms with Gasteiger partial charge in [0.25, 0.3) is 5.91 Å². The fourth-order valence-corrected chi connectivity index (χ4v) is 4.83. The fraction of sp³-hybridized carbons (Fsp3) is 0.370. The van der Waals surface area contributed by atoms with E-state index in [1.165, 1.54) is 5.01 Å². The fourth-order valence-electron chi connectivity index (χ4n) is 4.83. The molecule has 3 heterocycles. The van der Waals surface area contributed by atoms with Crippen molar-refractivity contribution in [2.75, 3.05) is 13.1 Å². The van der Waals surface area contributed by atoms with E-state index < -0.39 is 42.2 Å². The van der Waals surface area contributed by atoms with Gasteiger partial charge in [0.1, 0.15) is 12.1 Å². The average molecular weight is 536 g/mol. The molecule has 5 amide bonds. The second kappa shape index (κ2) is 11.5. The topological polar surface area (TPSA) is 138 Å². The third-order valence-corrected chi connectivity index (χ3v) is 6.79. The summed E-state index contributed by atoms with van der Waals surface area (Å²) in [4.78, 5) is 64.7. The van der Waals surface area contributed by atoms with Crippen molar-refractivity contribution in [1.82, 2.24) is 25.8 Å². The van der Waals surface area contributed by atoms with Gasteiger partial charge >= 0.3 is 12.0 Å². The second-order valence-electron chi connectivity index (χ2n) is 9.48. The van der Waals surface area contributed by atoms with Gasteiger partial charge in [-0.3, -0.25) is 24.6 Å². The van der Waals surface area contributed by atoms with Crippen molar-refractivity contribution < 1.29 is 33.4 Å². The van der Waals surface area contributed by atoms with Crippen LogP contribution in [0.5, 0.6) is 0 Å². The first kappa shape index (κ1) is 26.2. The first-order valence-electron chi connectivity index (χ1n) is 12.8. The number of hydrogen-bond donors (Lipinski definition) is 2. The van der Waals surface area contributed by atoms with Gasteiger partial charge in [-0.05, 0) is 30.5 Å². The highest BCUT2D eigenvalue weighted by atomic mass is 16.7. The Morgan fingerprint density at radius 1 is 0.974 bits per heavy atom. The molecule has 2 aromatic rings. The van der Waals surface area contributed by atoms with Crippen molar-refractivity contribution in [3.63, 3.8) is 0 Å². The number of urea groups is 1. The molecule has 204 valence electrons. The largest absolute Gasteiger partial charge is 0.433 e. The molecule has 3 atom stereocenters. The van der Waals surface area contributed by atoms with Crippen molar-refractivity contribution >= 4 is 29.7 Å². The SMILES string of the molecule is O=C1C[C@H](NC(=O)[C@@H]2CCCN3C(=O)CCN(NC(=O)c4ccccc4)C(=O)N23)C(OCc2ccccc2)O1. The molecule has 0 aliphatic carbocycles. The zero-order valence-corrected chi connectivity index (χ0v) is 21.2. The van der Waals surface area contributed by atoms with Gasteiger partial charge in [-0.2, -0.15) is 0 Å². The van der Waals surface area contributed by atoms with Gasteiger partial charge in [0.05, 0.1) is 19.6 Å². The molecule has 3 aliphatic heterocycles. The molecule has 3 saturated heterocycles. The first-order valence-corrected chi connectivity index (χ1v) is 12.8. The Bertz CT molecular complexity index is 1240. The number of nitrogens with zero attached hydrogens (tertiary/aromatic N) is 3. The number of nitrogens with one attached hydrogen (secondary N) is 2. The van der Waals surface area contributed by atoms with E-state index in [9.17, 15) is 24.0 Å². The summed E-state index contributed by atoms with van der Waals surface area (Å²) < 4.78 is 11.0. The highest BCUT2D eigenvalue weighted by Gasteiger charge is 2.46. The van der Waals surface area contributed by atoms with E-state index in [0.717, 1.165) is 15.6 Å². The molecule has 0 bridgehead atoms. The summed E-state index contributed by atoms with van der Waals surface area (Å²) in [7, 11) is 0. The molecule has 12 nitrogen and oxygen atoms in total. The first-order chi connectivity index (χ1) is 18.9. The lowest BCUT2D eigenvalue weighted by atomic mass is 10.1. The maximum absolute atomic E-state index is 13.6. The number of cyclic esters (lactones) is 1. The van der Waals surface area contributed by atoms with Gasteiger partial charge in [-0.25, -0.2) is 19.8 Å². The third-order valence-electron chi connectivity index (χ3n) is 6.79. The number of rotatable bonds is 7. The summed E-state index contributed by atoms with van der Waals surface area (Å²) in [6.45, 7) is 0.401. The minimum absolute atomic E-state index is 0.0218. The van der Waals surface area contributed by atoms with Crippen LogP contribution in [0.4, 0.5) is 4.79 Å². The summed E-state index contributed by atoms with van der Waals surface area (Å²) in [5.74, 6) is -1.91. The number of amides is 5. The lowest BCUT2D eigenvalue weighted by Crippen LogP contribution is -2.65. The van der Waals surface area contributed by atoms with Crippen LogP contribution in [0.15, 0.2) is 60.7 Å². The molecule has 1 unspecified atom stereocenters. The molecule has 0 saturated carbocycles. The van der Waals surface area contributed by atoms with E-state index in [4.69, 9.17) is 9.47 Å². The quantitative estimate of drug-likeness (QED) is 0.511. The van der Waals surface area contributed by atoms with Crippen LogP contribution in [0.1, 0.15) is 41.6 Å². The number of ether oxygens (including phenoxy) is 2. The highest BCUT2D eigenvalue weighted by molar-refractivity contribution is 5.96. The summed E-state index contributed by atoms with van der Waals surface area (Å²) in [6.07, 6.45) is -0.319. The van der Waals surface area contributed by atoms with Crippen LogP contribution >= 0.6 is 0 Å². The van der Waals surface area contributed by atoms with Crippen LogP contribution in [-0.4, -0.2) is 76.2 Å². The van der Waals surface area contributed by atoms with Crippen molar-refractivity contribution in [2.24, 2.45) is 0 Å². The average Bonchev–Trinajstić information content (AvgIpc) is 3.26. The van der Waals surface area contributed by atoms with Gasteiger partial charge in [-0.15, -0.1) is 0 Å². The maximum atomic E-state index is 13.6.